The summed E-state index contributed by atoms with van der Waals surface area (Å²) in [4.78, 5) is 4.20. The van der Waals surface area contributed by atoms with E-state index in [9.17, 15) is 0 Å². The first-order valence-corrected chi connectivity index (χ1v) is 8.27. The molecule has 2 aromatic carbocycles. The van der Waals surface area contributed by atoms with Gasteiger partial charge in [-0.3, -0.25) is 5.43 Å². The number of hydrogen-bond donors (Lipinski definition) is 1. The maximum Gasteiger partial charge on any atom is 0.146 e. The molecule has 1 N–H and O–H groups in total. The maximum atomic E-state index is 5.90. The van der Waals surface area contributed by atoms with Gasteiger partial charge >= 0.3 is 0 Å². The number of hydrazone groups is 1. The third kappa shape index (κ3) is 4.67. The average molecular weight is 382 g/mol. The lowest BCUT2D eigenvalue weighted by molar-refractivity contribution is 0.306. The Kier molecular flexibility index (Phi) is 5.58. The largest absolute Gasteiger partial charge is 0.488 e. The average Bonchev–Trinajstić information content (AvgIpc) is 2.63. The number of aromatic nitrogens is 1. The van der Waals surface area contributed by atoms with E-state index in [1.165, 1.54) is 0 Å². The Hall–Kier alpha value is -2.66. The number of halogens is 1. The molecule has 0 radical (unpaired) electrons. The Morgan fingerprint density at radius 3 is 2.58 bits per heavy atom. The van der Waals surface area contributed by atoms with Crippen molar-refractivity contribution in [2.24, 2.45) is 5.10 Å². The number of benzene rings is 2. The van der Waals surface area contributed by atoms with E-state index in [4.69, 9.17) is 4.74 Å². The van der Waals surface area contributed by atoms with Crippen molar-refractivity contribution in [2.75, 3.05) is 5.43 Å². The molecule has 0 fully saturated rings. The lowest BCUT2D eigenvalue weighted by Gasteiger charge is -2.09. The van der Waals surface area contributed by atoms with Crippen molar-refractivity contribution in [3.05, 3.63) is 88.5 Å². The Balaban J connectivity index is 1.65. The van der Waals surface area contributed by atoms with Crippen LogP contribution in [0.5, 0.6) is 5.75 Å². The SMILES string of the molecule is Brc1ccc(NN=Cc2ccccc2OCc2ccccc2)nc1. The van der Waals surface area contributed by atoms with Gasteiger partial charge in [-0.05, 0) is 45.8 Å². The molecule has 0 saturated heterocycles. The number of pyridine rings is 1. The van der Waals surface area contributed by atoms with E-state index in [0.717, 1.165) is 21.3 Å². The zero-order chi connectivity index (χ0) is 16.6. The summed E-state index contributed by atoms with van der Waals surface area (Å²) in [7, 11) is 0. The second kappa shape index (κ2) is 8.26. The number of para-hydroxylation sites is 1. The van der Waals surface area contributed by atoms with Crippen molar-refractivity contribution in [2.45, 2.75) is 6.61 Å². The molecular weight excluding hydrogens is 366 g/mol. The fraction of sp³-hybridized carbons (Fsp3) is 0.0526. The van der Waals surface area contributed by atoms with E-state index in [2.05, 4.69) is 31.4 Å². The third-order valence-electron chi connectivity index (χ3n) is 3.27. The van der Waals surface area contributed by atoms with Crippen LogP contribution in [0.3, 0.4) is 0 Å². The van der Waals surface area contributed by atoms with Crippen LogP contribution < -0.4 is 10.2 Å². The molecule has 120 valence electrons. The topological polar surface area (TPSA) is 46.5 Å². The van der Waals surface area contributed by atoms with Crippen LogP contribution in [0.15, 0.2) is 82.5 Å². The van der Waals surface area contributed by atoms with Crippen molar-refractivity contribution >= 4 is 28.0 Å². The molecule has 0 unspecified atom stereocenters. The lowest BCUT2D eigenvalue weighted by atomic mass is 10.2. The Labute approximate surface area is 149 Å². The van der Waals surface area contributed by atoms with Gasteiger partial charge in [0.25, 0.3) is 0 Å². The molecule has 0 amide bonds. The first-order chi connectivity index (χ1) is 11.8. The van der Waals surface area contributed by atoms with Crippen LogP contribution in [-0.2, 0) is 6.61 Å². The molecule has 0 atom stereocenters. The lowest BCUT2D eigenvalue weighted by Crippen LogP contribution is -1.99. The van der Waals surface area contributed by atoms with E-state index >= 15 is 0 Å². The minimum absolute atomic E-state index is 0.521. The summed E-state index contributed by atoms with van der Waals surface area (Å²) >= 11 is 3.35. The predicted octanol–water partition coefficient (Wildman–Crippen LogP) is 4.87. The monoisotopic (exact) mass is 381 g/mol. The molecule has 1 heterocycles. The zero-order valence-corrected chi connectivity index (χ0v) is 14.5. The van der Waals surface area contributed by atoms with Crippen LogP contribution >= 0.6 is 15.9 Å². The van der Waals surface area contributed by atoms with Gasteiger partial charge in [0.05, 0.1) is 6.21 Å². The highest BCUT2D eigenvalue weighted by atomic mass is 79.9. The van der Waals surface area contributed by atoms with E-state index in [1.54, 1.807) is 12.4 Å². The summed E-state index contributed by atoms with van der Waals surface area (Å²) in [6, 6.07) is 21.6. The summed E-state index contributed by atoms with van der Waals surface area (Å²) in [6.07, 6.45) is 3.44. The minimum Gasteiger partial charge on any atom is -0.488 e. The van der Waals surface area contributed by atoms with Crippen molar-refractivity contribution < 1.29 is 4.74 Å². The normalized spacial score (nSPS) is 10.7. The Morgan fingerprint density at radius 2 is 1.79 bits per heavy atom. The van der Waals surface area contributed by atoms with E-state index in [0.29, 0.717) is 12.4 Å². The molecule has 0 spiro atoms. The molecule has 3 rings (SSSR count). The van der Waals surface area contributed by atoms with Crippen molar-refractivity contribution in [3.63, 3.8) is 0 Å². The first kappa shape index (κ1) is 16.2. The van der Waals surface area contributed by atoms with Crippen LogP contribution in [-0.4, -0.2) is 11.2 Å². The van der Waals surface area contributed by atoms with Crippen LogP contribution in [0.25, 0.3) is 0 Å². The zero-order valence-electron chi connectivity index (χ0n) is 12.9. The predicted molar refractivity (Wildman–Crippen MR) is 100 cm³/mol. The van der Waals surface area contributed by atoms with Crippen LogP contribution in [0, 0.1) is 0 Å². The number of nitrogens with zero attached hydrogens (tertiary/aromatic N) is 2. The summed E-state index contributed by atoms with van der Waals surface area (Å²) in [5, 5.41) is 4.22. The maximum absolute atomic E-state index is 5.90. The van der Waals surface area contributed by atoms with E-state index in [-0.39, 0.29) is 0 Å². The molecule has 0 aliphatic carbocycles. The van der Waals surface area contributed by atoms with Gasteiger partial charge in [0, 0.05) is 16.2 Å². The molecule has 3 aromatic rings. The summed E-state index contributed by atoms with van der Waals surface area (Å²) < 4.78 is 6.83. The molecular formula is C19H16BrN3O. The van der Waals surface area contributed by atoms with Crippen LogP contribution in [0.1, 0.15) is 11.1 Å². The van der Waals surface area contributed by atoms with E-state index < -0.39 is 0 Å². The summed E-state index contributed by atoms with van der Waals surface area (Å²) in [5.74, 6) is 1.47. The molecule has 0 aliphatic heterocycles. The quantitative estimate of drug-likeness (QED) is 0.489. The van der Waals surface area contributed by atoms with Crippen LogP contribution in [0.4, 0.5) is 5.82 Å². The van der Waals surface area contributed by atoms with Gasteiger partial charge in [-0.25, -0.2) is 4.98 Å². The minimum atomic E-state index is 0.521. The number of ether oxygens (including phenoxy) is 1. The summed E-state index contributed by atoms with van der Waals surface area (Å²) in [6.45, 7) is 0.521. The summed E-state index contributed by atoms with van der Waals surface area (Å²) in [5.41, 5.74) is 4.93. The van der Waals surface area contributed by atoms with Crippen molar-refractivity contribution in [1.29, 1.82) is 0 Å². The van der Waals surface area contributed by atoms with E-state index in [1.807, 2.05) is 66.7 Å². The molecule has 5 heteroatoms. The number of anilines is 1. The fourth-order valence-corrected chi connectivity index (χ4v) is 2.30. The van der Waals surface area contributed by atoms with Gasteiger partial charge in [-0.1, -0.05) is 42.5 Å². The van der Waals surface area contributed by atoms with Gasteiger partial charge in [0.15, 0.2) is 0 Å². The van der Waals surface area contributed by atoms with Gasteiger partial charge in [-0.15, -0.1) is 0 Å². The number of nitrogens with one attached hydrogen (secondary N) is 1. The second-order valence-corrected chi connectivity index (χ2v) is 5.96. The van der Waals surface area contributed by atoms with Gasteiger partial charge in [-0.2, -0.15) is 5.10 Å². The standard InChI is InChI=1S/C19H16BrN3O/c20-17-10-11-19(21-13-17)23-22-12-16-8-4-5-9-18(16)24-14-15-6-2-1-3-7-15/h1-13H,14H2,(H,21,23). The highest BCUT2D eigenvalue weighted by molar-refractivity contribution is 9.10. The highest BCUT2D eigenvalue weighted by Gasteiger charge is 2.01. The molecule has 0 saturated carbocycles. The van der Waals surface area contributed by atoms with Crippen molar-refractivity contribution in [1.82, 2.24) is 4.98 Å². The molecule has 0 aliphatic rings. The highest BCUT2D eigenvalue weighted by Crippen LogP contribution is 2.18. The smallest absolute Gasteiger partial charge is 0.146 e. The van der Waals surface area contributed by atoms with Gasteiger partial charge < -0.3 is 4.74 Å². The number of hydrogen-bond acceptors (Lipinski definition) is 4. The molecule has 24 heavy (non-hydrogen) atoms. The van der Waals surface area contributed by atoms with Gasteiger partial charge in [0.2, 0.25) is 0 Å². The fourth-order valence-electron chi connectivity index (χ4n) is 2.06. The Bertz CT molecular complexity index is 804. The third-order valence-corrected chi connectivity index (χ3v) is 3.74. The number of rotatable bonds is 6. The van der Waals surface area contributed by atoms with Crippen LogP contribution in [0.2, 0.25) is 0 Å². The van der Waals surface area contributed by atoms with Gasteiger partial charge in [0.1, 0.15) is 18.2 Å². The molecule has 0 bridgehead atoms. The first-order valence-electron chi connectivity index (χ1n) is 7.48. The van der Waals surface area contributed by atoms with Crippen molar-refractivity contribution in [3.8, 4) is 5.75 Å². The molecule has 1 aromatic heterocycles. The Morgan fingerprint density at radius 1 is 1.00 bits per heavy atom. The second-order valence-electron chi connectivity index (χ2n) is 5.04. The molecule has 4 nitrogen and oxygen atoms in total.